The highest BCUT2D eigenvalue weighted by Gasteiger charge is 2.18. The molecule has 0 fully saturated rings. The molecule has 0 saturated heterocycles. The summed E-state index contributed by atoms with van der Waals surface area (Å²) in [6.07, 6.45) is 1.20. The first-order chi connectivity index (χ1) is 20.6. The summed E-state index contributed by atoms with van der Waals surface area (Å²) in [5.41, 5.74) is 2.48. The molecule has 43 heavy (non-hydrogen) atoms. The molecular formula is C34H31ClFN3O3S. The molecule has 0 aliphatic rings. The summed E-state index contributed by atoms with van der Waals surface area (Å²) in [5, 5.41) is 7.95. The van der Waals surface area contributed by atoms with Gasteiger partial charge in [0.05, 0.1) is 10.3 Å². The molecule has 6 nitrogen and oxygen atoms in total. The molecule has 220 valence electrons. The second kappa shape index (κ2) is 14.7. The summed E-state index contributed by atoms with van der Waals surface area (Å²) in [7, 11) is 0. The molecular weight excluding hydrogens is 585 g/mol. The van der Waals surface area contributed by atoms with Crippen molar-refractivity contribution in [2.24, 2.45) is 0 Å². The van der Waals surface area contributed by atoms with Gasteiger partial charge < -0.3 is 16.0 Å². The van der Waals surface area contributed by atoms with Crippen LogP contribution in [0.3, 0.4) is 0 Å². The monoisotopic (exact) mass is 615 g/mol. The van der Waals surface area contributed by atoms with E-state index in [0.29, 0.717) is 17.2 Å². The van der Waals surface area contributed by atoms with Gasteiger partial charge in [0.15, 0.2) is 0 Å². The minimum Gasteiger partial charge on any atom is -0.325 e. The number of carbonyl (C=O) groups excluding carboxylic acids is 3. The summed E-state index contributed by atoms with van der Waals surface area (Å²) in [6.45, 7) is 6.05. The van der Waals surface area contributed by atoms with Gasteiger partial charge in [0, 0.05) is 27.4 Å². The predicted molar refractivity (Wildman–Crippen MR) is 173 cm³/mol. The lowest BCUT2D eigenvalue weighted by atomic mass is 10.0. The largest absolute Gasteiger partial charge is 0.325 e. The molecule has 0 saturated carbocycles. The van der Waals surface area contributed by atoms with E-state index in [9.17, 15) is 18.8 Å². The number of carbonyl (C=O) groups is 3. The molecule has 0 spiro atoms. The van der Waals surface area contributed by atoms with Gasteiger partial charge >= 0.3 is 0 Å². The van der Waals surface area contributed by atoms with Crippen molar-refractivity contribution in [1.82, 2.24) is 5.32 Å². The predicted octanol–water partition coefficient (Wildman–Crippen LogP) is 8.13. The van der Waals surface area contributed by atoms with Crippen LogP contribution in [0.5, 0.6) is 0 Å². The van der Waals surface area contributed by atoms with E-state index < -0.39 is 17.6 Å². The van der Waals surface area contributed by atoms with E-state index in [4.69, 9.17) is 11.6 Å². The fourth-order valence-electron chi connectivity index (χ4n) is 4.00. The lowest BCUT2D eigenvalue weighted by Gasteiger charge is -2.14. The van der Waals surface area contributed by atoms with Crippen molar-refractivity contribution >= 4 is 58.5 Å². The van der Waals surface area contributed by atoms with Crippen LogP contribution in [0.2, 0.25) is 5.02 Å². The SMILES string of the molecule is CC(Sc1ccc(NC(=O)/C(=C/c2c(F)cccc2Cl)NC(=O)c2ccccc2)cc1)C(=O)Nc1ccc(C(C)C)cc1. The van der Waals surface area contributed by atoms with E-state index >= 15 is 0 Å². The fourth-order valence-corrected chi connectivity index (χ4v) is 5.09. The van der Waals surface area contributed by atoms with Crippen molar-refractivity contribution in [1.29, 1.82) is 0 Å². The molecule has 0 radical (unpaired) electrons. The Morgan fingerprint density at radius 3 is 2.05 bits per heavy atom. The van der Waals surface area contributed by atoms with Gasteiger partial charge in [0.25, 0.3) is 11.8 Å². The van der Waals surface area contributed by atoms with Crippen LogP contribution in [0.1, 0.15) is 48.2 Å². The summed E-state index contributed by atoms with van der Waals surface area (Å²) >= 11 is 7.55. The van der Waals surface area contributed by atoms with Crippen molar-refractivity contribution in [2.75, 3.05) is 10.6 Å². The van der Waals surface area contributed by atoms with E-state index in [-0.39, 0.29) is 27.4 Å². The number of hydrogen-bond acceptors (Lipinski definition) is 4. The highest BCUT2D eigenvalue weighted by Crippen LogP contribution is 2.27. The van der Waals surface area contributed by atoms with Gasteiger partial charge in [-0.1, -0.05) is 61.8 Å². The van der Waals surface area contributed by atoms with Crippen molar-refractivity contribution < 1.29 is 18.8 Å². The van der Waals surface area contributed by atoms with Crippen LogP contribution in [0.15, 0.2) is 108 Å². The molecule has 0 aliphatic carbocycles. The van der Waals surface area contributed by atoms with Gasteiger partial charge in [-0.3, -0.25) is 14.4 Å². The minimum absolute atomic E-state index is 0.0300. The normalized spacial score (nSPS) is 12.0. The molecule has 0 bridgehead atoms. The van der Waals surface area contributed by atoms with Gasteiger partial charge in [-0.25, -0.2) is 4.39 Å². The van der Waals surface area contributed by atoms with Crippen molar-refractivity contribution in [3.05, 3.63) is 130 Å². The Balaban J connectivity index is 1.43. The lowest BCUT2D eigenvalue weighted by molar-refractivity contribution is -0.115. The van der Waals surface area contributed by atoms with E-state index in [1.807, 2.05) is 31.2 Å². The molecule has 0 aromatic heterocycles. The zero-order valence-corrected chi connectivity index (χ0v) is 25.4. The quantitative estimate of drug-likeness (QED) is 0.124. The van der Waals surface area contributed by atoms with Crippen LogP contribution in [-0.4, -0.2) is 23.0 Å². The summed E-state index contributed by atoms with van der Waals surface area (Å²) < 4.78 is 14.5. The Morgan fingerprint density at radius 1 is 0.791 bits per heavy atom. The van der Waals surface area contributed by atoms with E-state index in [2.05, 4.69) is 29.8 Å². The van der Waals surface area contributed by atoms with Gasteiger partial charge in [-0.15, -0.1) is 11.8 Å². The highest BCUT2D eigenvalue weighted by atomic mass is 35.5. The maximum Gasteiger partial charge on any atom is 0.272 e. The maximum absolute atomic E-state index is 14.5. The molecule has 1 atom stereocenters. The van der Waals surface area contributed by atoms with Crippen LogP contribution in [-0.2, 0) is 9.59 Å². The number of nitrogens with one attached hydrogen (secondary N) is 3. The van der Waals surface area contributed by atoms with Gasteiger partial charge in [0.1, 0.15) is 11.5 Å². The third-order valence-electron chi connectivity index (χ3n) is 6.46. The summed E-state index contributed by atoms with van der Waals surface area (Å²) in [4.78, 5) is 39.7. The Hall–Kier alpha value is -4.40. The molecule has 3 N–H and O–H groups in total. The highest BCUT2D eigenvalue weighted by molar-refractivity contribution is 8.00. The minimum atomic E-state index is -0.666. The molecule has 4 rings (SSSR count). The molecule has 4 aromatic carbocycles. The van der Waals surface area contributed by atoms with Crippen LogP contribution in [0, 0.1) is 5.82 Å². The number of anilines is 2. The number of amides is 3. The summed E-state index contributed by atoms with van der Waals surface area (Å²) in [6, 6.07) is 27.2. The van der Waals surface area contributed by atoms with Crippen molar-refractivity contribution in [2.45, 2.75) is 36.8 Å². The molecule has 1 unspecified atom stereocenters. The second-order valence-corrected chi connectivity index (χ2v) is 11.8. The van der Waals surface area contributed by atoms with Crippen molar-refractivity contribution in [3.8, 4) is 0 Å². The number of rotatable bonds is 10. The smallest absolute Gasteiger partial charge is 0.272 e. The Morgan fingerprint density at radius 2 is 1.42 bits per heavy atom. The molecule has 0 heterocycles. The number of hydrogen-bond donors (Lipinski definition) is 3. The van der Waals surface area contributed by atoms with Crippen LogP contribution in [0.4, 0.5) is 15.8 Å². The average Bonchev–Trinajstić information content (AvgIpc) is 3.00. The number of benzene rings is 4. The zero-order chi connectivity index (χ0) is 30.9. The summed E-state index contributed by atoms with van der Waals surface area (Å²) in [5.74, 6) is -1.56. The van der Waals surface area contributed by atoms with E-state index in [1.165, 1.54) is 41.6 Å². The van der Waals surface area contributed by atoms with Crippen LogP contribution >= 0.6 is 23.4 Å². The number of thioether (sulfide) groups is 1. The zero-order valence-electron chi connectivity index (χ0n) is 23.9. The Kier molecular flexibility index (Phi) is 10.8. The Labute approximate surface area is 259 Å². The standard InChI is InChI=1S/C34H31ClFN3O3S/c1-21(2)23-12-14-25(15-13-23)37-32(40)22(3)43-27-18-16-26(17-19-27)38-34(42)31(20-28-29(35)10-7-11-30(28)36)39-33(41)24-8-5-4-6-9-24/h4-22H,1-3H3,(H,37,40)(H,38,42)(H,39,41)/b31-20-. The maximum atomic E-state index is 14.5. The fraction of sp³-hybridized carbons (Fsp3) is 0.147. The van der Waals surface area contributed by atoms with Gasteiger partial charge in [-0.2, -0.15) is 0 Å². The third kappa shape index (κ3) is 8.80. The molecule has 4 aromatic rings. The first kappa shape index (κ1) is 31.5. The molecule has 3 amide bonds. The first-order valence-electron chi connectivity index (χ1n) is 13.6. The van der Waals surface area contributed by atoms with Crippen LogP contribution in [0.25, 0.3) is 6.08 Å². The lowest BCUT2D eigenvalue weighted by Crippen LogP contribution is -2.30. The topological polar surface area (TPSA) is 87.3 Å². The van der Waals surface area contributed by atoms with Crippen LogP contribution < -0.4 is 16.0 Å². The average molecular weight is 616 g/mol. The Bertz CT molecular complexity index is 1610. The first-order valence-corrected chi connectivity index (χ1v) is 14.9. The number of halogens is 2. The molecule has 0 aliphatic heterocycles. The third-order valence-corrected chi connectivity index (χ3v) is 7.90. The van der Waals surface area contributed by atoms with Gasteiger partial charge in [0.2, 0.25) is 5.91 Å². The van der Waals surface area contributed by atoms with Crippen molar-refractivity contribution in [3.63, 3.8) is 0 Å². The van der Waals surface area contributed by atoms with E-state index in [1.54, 1.807) is 54.6 Å². The second-order valence-electron chi connectivity index (χ2n) is 10.0. The van der Waals surface area contributed by atoms with Gasteiger partial charge in [-0.05, 0) is 85.1 Å². The molecule has 9 heteroatoms. The van der Waals surface area contributed by atoms with E-state index in [0.717, 1.165) is 10.6 Å².